The fraction of sp³-hybridized carbons (Fsp3) is 0.469. The van der Waals surface area contributed by atoms with Crippen molar-refractivity contribution in [2.45, 2.75) is 294 Å². The van der Waals surface area contributed by atoms with Crippen LogP contribution >= 0.6 is 241 Å². The number of fused-ring (bicyclic) bond motifs is 4. The van der Waals surface area contributed by atoms with E-state index in [1.807, 2.05) is 139 Å². The fourth-order valence-electron chi connectivity index (χ4n) is 13.2. The van der Waals surface area contributed by atoms with Crippen molar-refractivity contribution in [3.8, 4) is 0 Å². The van der Waals surface area contributed by atoms with Gasteiger partial charge in [-0.05, 0) is 438 Å². The molecule has 0 bridgehead atoms. The Morgan fingerprint density at radius 1 is 0.422 bits per heavy atom. The van der Waals surface area contributed by atoms with E-state index in [9.17, 15) is 63.3 Å². The highest BCUT2D eigenvalue weighted by Crippen LogP contribution is 2.47. The van der Waals surface area contributed by atoms with Gasteiger partial charge in [-0.1, -0.05) is 164 Å². The van der Waals surface area contributed by atoms with Crippen LogP contribution < -0.4 is 18.9 Å². The molecule has 10 atom stereocenters. The van der Waals surface area contributed by atoms with E-state index >= 15 is 0 Å². The van der Waals surface area contributed by atoms with E-state index in [-0.39, 0.29) is 57.7 Å². The highest BCUT2D eigenvalue weighted by atomic mass is 127. The van der Waals surface area contributed by atoms with Crippen molar-refractivity contribution in [3.63, 3.8) is 0 Å². The molecule has 4 aliphatic rings. The molecular weight excluding hydrogens is 2720 g/mol. The van der Waals surface area contributed by atoms with E-state index in [1.165, 1.54) is 32.1 Å². The number of aliphatic hydroxyl groups excluding tert-OH is 1. The Hall–Kier alpha value is -2.53. The van der Waals surface area contributed by atoms with E-state index in [2.05, 4.69) is 151 Å². The van der Waals surface area contributed by atoms with Gasteiger partial charge in [0, 0.05) is 43.1 Å². The standard InChI is InChI=1S/C15H20ClF3N2O2S.C15H21ClN2OS.C14H19ClN2O2S.C13H17Cl2IN2OS.C13H18Cl2N2OS.C9H8Cl2INO.C9H6Cl2INO.C6H2Cl2INO.C4H6O/c1-13(2,3)24(23)21-14(4)6-5-8-9(14)7-10(20-12(8)16)11(22)15(17,18)19;1-6-10-9-12-11(13(16)17-10)7-8-15(12,5)18-20(19)14(2,3)4;1-13(2,3)20(19)17-14(4)6-5-10-11(14)7-9(8-18)16-12(10)15;1-8(18-20(19)13(2,3)4)5-6-9-10(16)7-11(14)17-12(9)15;1-12(2,3)19(18)17-13(4)6-5-8-9(13)7-10(14)16-11(8)15;2*1-5(14)2-3-6-7(12)4-8(10)13-9(6)11;7-5-1-4(9)3(2-11)6(8)10-5;1-3-4(2)5/h7,11,21-22H,5-6H2,1-4H3;6,9,18H,1,7-8H2,2-5H3;7-8,17H,5-6H2,1-4H3;7H,5-6H2,1-4H3;7,17H,5-6H2,1-4H3;4H,2-3H2,1H3;2-4H,1H3;1-2H;3H,1H2,2H3/b;;;;;;3-2+;;. The van der Waals surface area contributed by atoms with Gasteiger partial charge < -0.3 is 9.90 Å². The summed E-state index contributed by atoms with van der Waals surface area (Å²) < 4.78 is 118. The molecule has 10 unspecified atom stereocenters. The smallest absolute Gasteiger partial charge is 0.378 e. The Bertz CT molecular complexity index is 6180. The summed E-state index contributed by atoms with van der Waals surface area (Å²) in [7, 11) is -6.10. The van der Waals surface area contributed by atoms with Crippen LogP contribution in [0.15, 0.2) is 78.2 Å². The van der Waals surface area contributed by atoms with Crippen LogP contribution in [0.4, 0.5) is 13.2 Å². The first-order valence-electron chi connectivity index (χ1n) is 44.6. The molecule has 0 amide bonds. The van der Waals surface area contributed by atoms with Crippen molar-refractivity contribution < 1.29 is 63.3 Å². The van der Waals surface area contributed by atoms with Crippen molar-refractivity contribution in [1.29, 1.82) is 0 Å². The molecule has 0 radical (unpaired) electrons. The quantitative estimate of drug-likeness (QED) is 0.0138. The molecule has 0 saturated heterocycles. The van der Waals surface area contributed by atoms with Gasteiger partial charge in [0.05, 0.1) is 107 Å². The summed E-state index contributed by atoms with van der Waals surface area (Å²) in [6, 6.07) is 13.6. The number of pyridine rings is 8. The largest absolute Gasteiger partial charge is 0.420 e. The van der Waals surface area contributed by atoms with Gasteiger partial charge in [-0.15, -0.1) is 0 Å². The maximum atomic E-state index is 12.8. The zero-order valence-corrected chi connectivity index (χ0v) is 107. The van der Waals surface area contributed by atoms with Gasteiger partial charge in [-0.2, -0.15) is 17.6 Å². The normalized spacial score (nSPS) is 18.4. The number of hydrogen-bond donors (Lipinski definition) is 5. The van der Waals surface area contributed by atoms with E-state index in [1.54, 1.807) is 77.1 Å². The summed E-state index contributed by atoms with van der Waals surface area (Å²) in [4.78, 5) is 84.2. The van der Waals surface area contributed by atoms with Crippen LogP contribution in [-0.4, -0.2) is 132 Å². The maximum Gasteiger partial charge on any atom is 0.420 e. The molecule has 8 aromatic rings. The number of Topliss-reactive ketones (excluding diaryl/α,β-unsaturated/α-hetero) is 1. The Kier molecular flexibility index (Phi) is 54.7. The molecule has 49 heteroatoms. The van der Waals surface area contributed by atoms with Crippen LogP contribution in [0, 0.1) is 14.3 Å². The molecule has 147 heavy (non-hydrogen) atoms. The monoisotopic (exact) mass is 2830 g/mol. The fourth-order valence-corrected chi connectivity index (χ4v) is 25.4. The van der Waals surface area contributed by atoms with E-state index < -0.39 is 88.7 Å². The topological polar surface area (TPSA) is 355 Å². The maximum absolute atomic E-state index is 12.8. The minimum absolute atomic E-state index is 0.0185. The lowest BCUT2D eigenvalue weighted by molar-refractivity contribution is -0.208. The summed E-state index contributed by atoms with van der Waals surface area (Å²) in [5.41, 5.74) is 9.50. The number of carbonyl (C=O) groups is 5. The molecular formula is C98H117Cl13F3I4N13O11S5. The van der Waals surface area contributed by atoms with Gasteiger partial charge in [-0.3, -0.25) is 19.2 Å². The average Bonchev–Trinajstić information content (AvgIpc) is 1.64. The van der Waals surface area contributed by atoms with Crippen molar-refractivity contribution in [2.24, 2.45) is 4.40 Å². The van der Waals surface area contributed by atoms with E-state index in [0.717, 1.165) is 105 Å². The van der Waals surface area contributed by atoms with E-state index in [4.69, 9.17) is 151 Å². The summed E-state index contributed by atoms with van der Waals surface area (Å²) in [6.07, 6.45) is 8.32. The molecule has 0 aliphatic heterocycles. The predicted molar refractivity (Wildman–Crippen MR) is 638 cm³/mol. The van der Waals surface area contributed by atoms with Gasteiger partial charge in [0.1, 0.15) is 89.5 Å². The molecule has 24 nitrogen and oxygen atoms in total. The number of nitrogens with one attached hydrogen (secondary N) is 4. The minimum Gasteiger partial charge on any atom is -0.378 e. The van der Waals surface area contributed by atoms with Crippen molar-refractivity contribution >= 4 is 344 Å². The Labute approximate surface area is 991 Å². The lowest BCUT2D eigenvalue weighted by atomic mass is 9.95. The summed E-state index contributed by atoms with van der Waals surface area (Å²) in [5.74, 6) is 0.128. The second-order valence-corrected chi connectivity index (χ2v) is 58.5. The number of aldehydes is 2. The summed E-state index contributed by atoms with van der Waals surface area (Å²) in [6.45, 7) is 49.8. The minimum atomic E-state index is -4.83. The Morgan fingerprint density at radius 3 is 1.03 bits per heavy atom. The number of alkyl halides is 3. The van der Waals surface area contributed by atoms with Gasteiger partial charge in [0.15, 0.2) is 30.2 Å². The van der Waals surface area contributed by atoms with Crippen molar-refractivity contribution in [3.05, 3.63) is 239 Å². The molecule has 5 N–H and O–H groups in total. The third kappa shape index (κ3) is 42.3. The molecule has 0 saturated carbocycles. The molecule has 810 valence electrons. The number of allylic oxidation sites excluding steroid dienone is 2. The Balaban J connectivity index is 0.000000350. The lowest BCUT2D eigenvalue weighted by Gasteiger charge is -2.31. The molecule has 12 rings (SSSR count). The third-order valence-electron chi connectivity index (χ3n) is 21.6. The molecule has 8 aromatic heterocycles. The number of hydrogen-bond acceptors (Lipinski definition) is 19. The van der Waals surface area contributed by atoms with Crippen LogP contribution in [0.3, 0.4) is 0 Å². The van der Waals surface area contributed by atoms with Crippen molar-refractivity contribution in [2.75, 3.05) is 0 Å². The lowest BCUT2D eigenvalue weighted by Crippen LogP contribution is -2.45. The number of rotatable bonds is 22. The van der Waals surface area contributed by atoms with Gasteiger partial charge in [0.2, 0.25) is 0 Å². The molecule has 8 heterocycles. The summed E-state index contributed by atoms with van der Waals surface area (Å²) in [5, 5.41) is 13.8. The number of nitrogens with zero attached hydrogens (tertiary/aromatic N) is 9. The number of aromatic nitrogens is 8. The van der Waals surface area contributed by atoms with Crippen molar-refractivity contribution in [1.82, 2.24) is 58.8 Å². The SMILES string of the molecule is C=CC(C)=O.C=Cc1cc2c(c(Cl)n1)CCC2(C)NS(=O)C(C)(C)C.CC(=O)/C=C/c1c(I)cc(Cl)nc1Cl.CC(=O)CCc1c(I)cc(Cl)nc1Cl.CC(CCc1c(I)cc(Cl)nc1Cl)=NS(=O)C(C)(C)C.CC1(NS(=O)C(C)(C)C)CCc2c1cc(C(O)C(F)(F)F)nc2Cl.CC1(NS(=O)C(C)(C)C)CCc2c1cc(C=O)nc2Cl.CC1(NS(=O)C(C)(C)C)CCc2c1cc(Cl)nc2Cl.O=Cc1c(I)cc(Cl)nc1Cl. The second-order valence-electron chi connectivity index (χ2n) is 39.3. The average molecular weight is 2840 g/mol. The van der Waals surface area contributed by atoms with Crippen LogP contribution in [0.1, 0.15) is 297 Å². The van der Waals surface area contributed by atoms with Gasteiger partial charge >= 0.3 is 6.18 Å². The first-order valence-corrected chi connectivity index (χ1v) is 59.5. The molecule has 0 fully saturated rings. The van der Waals surface area contributed by atoms with Crippen LogP contribution in [-0.2, 0) is 130 Å². The van der Waals surface area contributed by atoms with Gasteiger partial charge in [-0.25, -0.2) is 79.8 Å². The van der Waals surface area contributed by atoms with E-state index in [0.29, 0.717) is 139 Å². The zero-order valence-electron chi connectivity index (χ0n) is 84.7. The number of ketones is 3. The molecule has 4 aliphatic carbocycles. The molecule has 0 aromatic carbocycles. The molecule has 0 spiro atoms. The summed E-state index contributed by atoms with van der Waals surface area (Å²) >= 11 is 85.2. The zero-order chi connectivity index (χ0) is 113. The highest BCUT2D eigenvalue weighted by Gasteiger charge is 2.47. The first kappa shape index (κ1) is 137. The van der Waals surface area contributed by atoms with Crippen LogP contribution in [0.2, 0.25) is 67.0 Å². The highest BCUT2D eigenvalue weighted by molar-refractivity contribution is 14.1. The second kappa shape index (κ2) is 58.8. The van der Waals surface area contributed by atoms with Crippen LogP contribution in [0.25, 0.3) is 12.2 Å². The first-order chi connectivity index (χ1) is 67.3. The number of aliphatic hydroxyl groups is 1. The van der Waals surface area contributed by atoms with Gasteiger partial charge in [0.25, 0.3) is 0 Å². The third-order valence-corrected chi connectivity index (χ3v) is 37.2. The number of carbonyl (C=O) groups excluding carboxylic acids is 5. The number of halogens is 20. The van der Waals surface area contributed by atoms with Crippen LogP contribution in [0.5, 0.6) is 0 Å². The predicted octanol–water partition coefficient (Wildman–Crippen LogP) is 29.0. The Morgan fingerprint density at radius 2 is 0.721 bits per heavy atom.